The minimum atomic E-state index is -0.367. The van der Waals surface area contributed by atoms with Gasteiger partial charge in [-0.3, -0.25) is 0 Å². The first-order chi connectivity index (χ1) is 11.4. The lowest BCUT2D eigenvalue weighted by molar-refractivity contribution is 0.0285. The van der Waals surface area contributed by atoms with Gasteiger partial charge in [-0.05, 0) is 24.7 Å². The maximum absolute atomic E-state index is 5.74. The summed E-state index contributed by atoms with van der Waals surface area (Å²) in [5.74, 6) is 0. The maximum atomic E-state index is 5.74. The van der Waals surface area contributed by atoms with E-state index in [1.165, 1.54) is 10.6 Å². The van der Waals surface area contributed by atoms with Crippen LogP contribution in [-0.4, -0.2) is 46.3 Å². The van der Waals surface area contributed by atoms with E-state index in [0.717, 1.165) is 12.8 Å². The molecule has 0 aliphatic carbocycles. The van der Waals surface area contributed by atoms with Crippen molar-refractivity contribution in [1.82, 2.24) is 0 Å². The number of rotatable bonds is 11. The van der Waals surface area contributed by atoms with Crippen LogP contribution in [0.1, 0.15) is 0 Å². The van der Waals surface area contributed by atoms with E-state index in [1.807, 2.05) is 0 Å². The average molecular weight is 332 g/mol. The summed E-state index contributed by atoms with van der Waals surface area (Å²) in [5, 5.41) is 2.79. The zero-order valence-electron chi connectivity index (χ0n) is 13.7. The maximum Gasteiger partial charge on any atom is 0.0701 e. The molecule has 0 heterocycles. The molecule has 0 bridgehead atoms. The lowest BCUT2D eigenvalue weighted by Gasteiger charge is -2.18. The van der Waals surface area contributed by atoms with Gasteiger partial charge in [-0.25, -0.2) is 0 Å². The Hall–Kier alpha value is -1.25. The van der Waals surface area contributed by atoms with Crippen molar-refractivity contribution in [3.05, 3.63) is 60.7 Å². The third-order valence-electron chi connectivity index (χ3n) is 3.40. The SMILES string of the molecule is COCCOCCOCCP(c1ccccc1)c1ccccc1. The summed E-state index contributed by atoms with van der Waals surface area (Å²) in [6, 6.07) is 21.4. The fourth-order valence-corrected chi connectivity index (χ4v) is 4.43. The third-order valence-corrected chi connectivity index (χ3v) is 5.87. The number of methoxy groups -OCH3 is 1. The molecule has 0 aliphatic heterocycles. The molecule has 0 unspecified atom stereocenters. The Labute approximate surface area is 140 Å². The Balaban J connectivity index is 1.80. The van der Waals surface area contributed by atoms with E-state index < -0.39 is 0 Å². The molecular weight excluding hydrogens is 307 g/mol. The third kappa shape index (κ3) is 6.80. The van der Waals surface area contributed by atoms with E-state index in [0.29, 0.717) is 26.4 Å². The molecule has 0 spiro atoms. The summed E-state index contributed by atoms with van der Waals surface area (Å²) in [6.07, 6.45) is 1.03. The van der Waals surface area contributed by atoms with Crippen molar-refractivity contribution in [2.24, 2.45) is 0 Å². The van der Waals surface area contributed by atoms with Crippen LogP contribution in [-0.2, 0) is 14.2 Å². The Kier molecular flexibility index (Phi) is 8.90. The second-order valence-electron chi connectivity index (χ2n) is 5.04. The molecule has 0 amide bonds. The van der Waals surface area contributed by atoms with Gasteiger partial charge < -0.3 is 14.2 Å². The molecule has 0 saturated carbocycles. The summed E-state index contributed by atoms with van der Waals surface area (Å²) < 4.78 is 16.1. The van der Waals surface area contributed by atoms with E-state index in [2.05, 4.69) is 60.7 Å². The van der Waals surface area contributed by atoms with Crippen molar-refractivity contribution in [2.75, 3.05) is 46.3 Å². The topological polar surface area (TPSA) is 27.7 Å². The van der Waals surface area contributed by atoms with E-state index in [1.54, 1.807) is 7.11 Å². The molecule has 0 fully saturated rings. The van der Waals surface area contributed by atoms with Gasteiger partial charge >= 0.3 is 0 Å². The molecule has 2 aromatic carbocycles. The van der Waals surface area contributed by atoms with Crippen LogP contribution in [0.5, 0.6) is 0 Å². The minimum Gasteiger partial charge on any atom is -0.382 e. The summed E-state index contributed by atoms with van der Waals surface area (Å²) >= 11 is 0. The van der Waals surface area contributed by atoms with Crippen molar-refractivity contribution in [1.29, 1.82) is 0 Å². The van der Waals surface area contributed by atoms with Crippen LogP contribution in [0, 0.1) is 0 Å². The molecule has 2 rings (SSSR count). The minimum absolute atomic E-state index is 0.367. The second kappa shape index (κ2) is 11.3. The number of ether oxygens (including phenoxy) is 3. The molecule has 124 valence electrons. The monoisotopic (exact) mass is 332 g/mol. The smallest absolute Gasteiger partial charge is 0.0701 e. The second-order valence-corrected chi connectivity index (χ2v) is 7.38. The highest BCUT2D eigenvalue weighted by atomic mass is 31.1. The zero-order chi connectivity index (χ0) is 16.2. The van der Waals surface area contributed by atoms with E-state index in [-0.39, 0.29) is 7.92 Å². The van der Waals surface area contributed by atoms with E-state index >= 15 is 0 Å². The van der Waals surface area contributed by atoms with E-state index in [9.17, 15) is 0 Å². The largest absolute Gasteiger partial charge is 0.382 e. The Morgan fingerprint density at radius 1 is 0.652 bits per heavy atom. The lowest BCUT2D eigenvalue weighted by atomic mass is 10.4. The Morgan fingerprint density at radius 2 is 1.13 bits per heavy atom. The molecular formula is C19H25O3P. The first-order valence-electron chi connectivity index (χ1n) is 7.94. The van der Waals surface area contributed by atoms with Gasteiger partial charge in [-0.15, -0.1) is 0 Å². The van der Waals surface area contributed by atoms with Gasteiger partial charge in [0, 0.05) is 7.11 Å². The zero-order valence-corrected chi connectivity index (χ0v) is 14.6. The van der Waals surface area contributed by atoms with Crippen molar-refractivity contribution in [3.63, 3.8) is 0 Å². The fraction of sp³-hybridized carbons (Fsp3) is 0.368. The van der Waals surface area contributed by atoms with Crippen LogP contribution in [0.15, 0.2) is 60.7 Å². The summed E-state index contributed by atoms with van der Waals surface area (Å²) in [5.41, 5.74) is 0. The summed E-state index contributed by atoms with van der Waals surface area (Å²) in [7, 11) is 1.31. The standard InChI is InChI=1S/C19H25O3P/c1-20-12-13-21-14-15-22-16-17-23(18-8-4-2-5-9-18)19-10-6-3-7-11-19/h2-11H,12-17H2,1H3. The predicted octanol–water partition coefficient (Wildman–Crippen LogP) is 2.80. The van der Waals surface area contributed by atoms with Crippen LogP contribution >= 0.6 is 7.92 Å². The molecule has 2 aromatic rings. The highest BCUT2D eigenvalue weighted by Crippen LogP contribution is 2.32. The molecule has 0 saturated heterocycles. The van der Waals surface area contributed by atoms with Crippen molar-refractivity contribution in [2.45, 2.75) is 0 Å². The highest BCUT2D eigenvalue weighted by molar-refractivity contribution is 7.73. The molecule has 0 atom stereocenters. The lowest BCUT2D eigenvalue weighted by Crippen LogP contribution is -2.17. The van der Waals surface area contributed by atoms with Gasteiger partial charge in [0.1, 0.15) is 0 Å². The molecule has 4 heteroatoms. The fourth-order valence-electron chi connectivity index (χ4n) is 2.24. The summed E-state index contributed by atoms with van der Waals surface area (Å²) in [4.78, 5) is 0. The van der Waals surface area contributed by atoms with Gasteiger partial charge in [-0.2, -0.15) is 0 Å². The Morgan fingerprint density at radius 3 is 1.65 bits per heavy atom. The molecule has 23 heavy (non-hydrogen) atoms. The van der Waals surface area contributed by atoms with Crippen LogP contribution in [0.4, 0.5) is 0 Å². The van der Waals surface area contributed by atoms with Crippen LogP contribution in [0.3, 0.4) is 0 Å². The molecule has 0 radical (unpaired) electrons. The van der Waals surface area contributed by atoms with Gasteiger partial charge in [0.25, 0.3) is 0 Å². The number of hydrogen-bond donors (Lipinski definition) is 0. The predicted molar refractivity (Wildman–Crippen MR) is 97.5 cm³/mol. The molecule has 0 aliphatic rings. The average Bonchev–Trinajstić information content (AvgIpc) is 2.62. The first kappa shape index (κ1) is 18.1. The van der Waals surface area contributed by atoms with Gasteiger partial charge in [-0.1, -0.05) is 60.7 Å². The van der Waals surface area contributed by atoms with Crippen molar-refractivity contribution >= 4 is 18.5 Å². The van der Waals surface area contributed by atoms with Crippen LogP contribution in [0.25, 0.3) is 0 Å². The first-order valence-corrected chi connectivity index (χ1v) is 9.46. The normalized spacial score (nSPS) is 11.0. The molecule has 0 N–H and O–H groups in total. The van der Waals surface area contributed by atoms with Crippen molar-refractivity contribution < 1.29 is 14.2 Å². The highest BCUT2D eigenvalue weighted by Gasteiger charge is 2.12. The number of benzene rings is 2. The van der Waals surface area contributed by atoms with Gasteiger partial charge in [0.2, 0.25) is 0 Å². The summed E-state index contributed by atoms with van der Waals surface area (Å²) in [6.45, 7) is 3.27. The van der Waals surface area contributed by atoms with Crippen LogP contribution < -0.4 is 10.6 Å². The quantitative estimate of drug-likeness (QED) is 0.468. The van der Waals surface area contributed by atoms with Gasteiger partial charge in [0.15, 0.2) is 0 Å². The van der Waals surface area contributed by atoms with Crippen molar-refractivity contribution in [3.8, 4) is 0 Å². The van der Waals surface area contributed by atoms with Crippen LogP contribution in [0.2, 0.25) is 0 Å². The van der Waals surface area contributed by atoms with E-state index in [4.69, 9.17) is 14.2 Å². The Bertz CT molecular complexity index is 479. The number of hydrogen-bond acceptors (Lipinski definition) is 3. The molecule has 0 aromatic heterocycles. The molecule has 3 nitrogen and oxygen atoms in total. The van der Waals surface area contributed by atoms with Gasteiger partial charge in [0.05, 0.1) is 33.0 Å².